The number of aliphatic hydroxyl groups excluding tert-OH is 5. The van der Waals surface area contributed by atoms with E-state index in [1.54, 1.807) is 6.08 Å². The predicted octanol–water partition coefficient (Wildman–Crippen LogP) is 14.3. The first-order valence-corrected chi connectivity index (χ1v) is 30.8. The summed E-state index contributed by atoms with van der Waals surface area (Å²) in [7, 11) is 0. The summed E-state index contributed by atoms with van der Waals surface area (Å²) in [4.78, 5) is 25.1. The number of aliphatic hydroxyl groups is 5. The van der Waals surface area contributed by atoms with Crippen LogP contribution in [0.3, 0.4) is 0 Å². The zero-order valence-electron chi connectivity index (χ0n) is 47.1. The highest BCUT2D eigenvalue weighted by Gasteiger charge is 2.44. The van der Waals surface area contributed by atoms with Crippen LogP contribution >= 0.6 is 0 Å². The number of allylic oxidation sites excluding steroid dienone is 5. The molecule has 0 radical (unpaired) electrons. The Bertz CT molecular complexity index is 1310. The molecule has 0 aromatic heterocycles. The lowest BCUT2D eigenvalue weighted by atomic mass is 9.99. The molecule has 1 rings (SSSR count). The second-order valence-corrected chi connectivity index (χ2v) is 21.4. The summed E-state index contributed by atoms with van der Waals surface area (Å²) in [5, 5.41) is 54.3. The van der Waals surface area contributed by atoms with Crippen LogP contribution in [0.2, 0.25) is 0 Å². The van der Waals surface area contributed by atoms with Gasteiger partial charge in [-0.3, -0.25) is 9.59 Å². The van der Waals surface area contributed by atoms with Gasteiger partial charge in [0.05, 0.1) is 32.0 Å². The molecule has 6 N–H and O–H groups in total. The van der Waals surface area contributed by atoms with Gasteiger partial charge in [-0.05, 0) is 57.8 Å². The van der Waals surface area contributed by atoms with Gasteiger partial charge in [-0.15, -0.1) is 0 Å². The van der Waals surface area contributed by atoms with E-state index in [9.17, 15) is 35.1 Å². The van der Waals surface area contributed by atoms with Crippen LogP contribution in [0.5, 0.6) is 0 Å². The summed E-state index contributed by atoms with van der Waals surface area (Å²) in [6, 6.07) is -0.835. The van der Waals surface area contributed by atoms with Crippen LogP contribution in [0.4, 0.5) is 0 Å². The maximum Gasteiger partial charge on any atom is 0.305 e. The molecule has 11 heteroatoms. The molecule has 1 amide bonds. The molecule has 11 nitrogen and oxygen atoms in total. The van der Waals surface area contributed by atoms with Gasteiger partial charge in [-0.1, -0.05) is 249 Å². The van der Waals surface area contributed by atoms with Crippen molar-refractivity contribution in [2.45, 2.75) is 326 Å². The highest BCUT2D eigenvalue weighted by Crippen LogP contribution is 2.23. The van der Waals surface area contributed by atoms with Crippen molar-refractivity contribution < 1.29 is 49.3 Å². The minimum atomic E-state index is -1.58. The monoisotopic (exact) mass is 1030 g/mol. The van der Waals surface area contributed by atoms with Gasteiger partial charge in [0.1, 0.15) is 24.4 Å². The molecule has 1 aliphatic heterocycles. The first-order chi connectivity index (χ1) is 35.7. The smallest absolute Gasteiger partial charge is 0.305 e. The summed E-state index contributed by atoms with van der Waals surface area (Å²) < 4.78 is 16.7. The van der Waals surface area contributed by atoms with E-state index >= 15 is 0 Å². The lowest BCUT2D eigenvalue weighted by Crippen LogP contribution is -2.60. The Morgan fingerprint density at radius 2 is 0.890 bits per heavy atom. The Kier molecular flexibility index (Phi) is 49.0. The highest BCUT2D eigenvalue weighted by molar-refractivity contribution is 5.76. The molecule has 7 unspecified atom stereocenters. The second-order valence-electron chi connectivity index (χ2n) is 21.4. The Hall–Kier alpha value is -2.12. The molecule has 1 fully saturated rings. The molecule has 0 saturated carbocycles. The van der Waals surface area contributed by atoms with E-state index in [1.807, 2.05) is 6.08 Å². The third-order valence-corrected chi connectivity index (χ3v) is 14.5. The van der Waals surface area contributed by atoms with Gasteiger partial charge in [-0.2, -0.15) is 0 Å². The number of carbonyl (C=O) groups excluding carboxylic acids is 2. The number of unbranched alkanes of at least 4 members (excludes halogenated alkanes) is 35. The van der Waals surface area contributed by atoms with Gasteiger partial charge in [-0.25, -0.2) is 0 Å². The van der Waals surface area contributed by atoms with E-state index in [4.69, 9.17) is 14.2 Å². The van der Waals surface area contributed by atoms with Gasteiger partial charge in [0.25, 0.3) is 0 Å². The average Bonchev–Trinajstić information content (AvgIpc) is 3.39. The number of rotatable bonds is 53. The van der Waals surface area contributed by atoms with Crippen LogP contribution in [0.25, 0.3) is 0 Å². The zero-order chi connectivity index (χ0) is 53.1. The van der Waals surface area contributed by atoms with Gasteiger partial charge in [0, 0.05) is 12.8 Å². The van der Waals surface area contributed by atoms with Crippen LogP contribution < -0.4 is 5.32 Å². The van der Waals surface area contributed by atoms with Crippen molar-refractivity contribution in [3.8, 4) is 0 Å². The second kappa shape index (κ2) is 52.0. The fraction of sp³-hybridized carbons (Fsp3) is 0.871. The minimum absolute atomic E-state index is 0.00238. The summed E-state index contributed by atoms with van der Waals surface area (Å²) in [5.41, 5.74) is 0. The Balaban J connectivity index is 2.07. The Morgan fingerprint density at radius 3 is 1.36 bits per heavy atom. The summed E-state index contributed by atoms with van der Waals surface area (Å²) in [5.74, 6) is -0.200. The van der Waals surface area contributed by atoms with E-state index in [0.717, 1.165) is 70.6 Å². The van der Waals surface area contributed by atoms with Crippen molar-refractivity contribution in [3.05, 3.63) is 36.5 Å². The number of hydrogen-bond acceptors (Lipinski definition) is 10. The van der Waals surface area contributed by atoms with Crippen LogP contribution in [0.15, 0.2) is 36.5 Å². The first kappa shape index (κ1) is 68.9. The third-order valence-electron chi connectivity index (χ3n) is 14.5. The van der Waals surface area contributed by atoms with E-state index < -0.39 is 49.5 Å². The maximum absolute atomic E-state index is 13.0. The molecule has 0 aromatic carbocycles. The molecular weight excluding hydrogens is 919 g/mol. The lowest BCUT2D eigenvalue weighted by molar-refractivity contribution is -0.302. The number of nitrogens with one attached hydrogen (secondary N) is 1. The molecule has 73 heavy (non-hydrogen) atoms. The van der Waals surface area contributed by atoms with Crippen LogP contribution in [-0.4, -0.2) is 100 Å². The van der Waals surface area contributed by atoms with E-state index in [1.165, 1.54) is 186 Å². The van der Waals surface area contributed by atoms with Gasteiger partial charge in [0.2, 0.25) is 5.91 Å². The van der Waals surface area contributed by atoms with Gasteiger partial charge < -0.3 is 45.1 Å². The highest BCUT2D eigenvalue weighted by atomic mass is 16.7. The van der Waals surface area contributed by atoms with Crippen molar-refractivity contribution >= 4 is 11.9 Å². The van der Waals surface area contributed by atoms with Crippen molar-refractivity contribution in [1.82, 2.24) is 5.32 Å². The molecule has 0 bridgehead atoms. The van der Waals surface area contributed by atoms with Crippen molar-refractivity contribution in [3.63, 3.8) is 0 Å². The largest absolute Gasteiger partial charge is 0.466 e. The fourth-order valence-electron chi connectivity index (χ4n) is 9.58. The summed E-state index contributed by atoms with van der Waals surface area (Å²) in [6.45, 7) is 4.29. The number of amides is 1. The topological polar surface area (TPSA) is 175 Å². The van der Waals surface area contributed by atoms with Crippen molar-refractivity contribution in [1.29, 1.82) is 0 Å². The normalized spacial score (nSPS) is 19.1. The fourth-order valence-corrected chi connectivity index (χ4v) is 9.58. The number of esters is 1. The van der Waals surface area contributed by atoms with E-state index in [0.29, 0.717) is 19.4 Å². The number of ether oxygens (including phenoxy) is 3. The van der Waals surface area contributed by atoms with Crippen LogP contribution in [-0.2, 0) is 23.8 Å². The number of carbonyl (C=O) groups is 2. The maximum atomic E-state index is 13.0. The summed E-state index contributed by atoms with van der Waals surface area (Å²) in [6.07, 6.45) is 53.8. The van der Waals surface area contributed by atoms with E-state index in [2.05, 4.69) is 43.5 Å². The SMILES string of the molecule is CCCCC/C=C/CC/C=C/CC/C=C/C(O)C(COC1OC(CO)C(O)C(O)C1O)NC(=O)CCCCCCCCCCCCCCCCCCCCCCCOC(=O)CCCCCCCCCCCCC. The molecular formula is C62H115NO10. The van der Waals surface area contributed by atoms with Crippen LogP contribution in [0, 0.1) is 0 Å². The van der Waals surface area contributed by atoms with E-state index in [-0.39, 0.29) is 18.5 Å². The first-order valence-electron chi connectivity index (χ1n) is 30.8. The van der Waals surface area contributed by atoms with Gasteiger partial charge >= 0.3 is 5.97 Å². The van der Waals surface area contributed by atoms with Gasteiger partial charge in [0.15, 0.2) is 6.29 Å². The number of hydrogen-bond donors (Lipinski definition) is 6. The molecule has 1 aliphatic rings. The molecule has 7 atom stereocenters. The average molecular weight is 1030 g/mol. The molecule has 1 saturated heterocycles. The zero-order valence-corrected chi connectivity index (χ0v) is 47.1. The summed E-state index contributed by atoms with van der Waals surface area (Å²) >= 11 is 0. The quantitative estimate of drug-likeness (QED) is 0.0195. The van der Waals surface area contributed by atoms with Crippen molar-refractivity contribution in [2.24, 2.45) is 0 Å². The Labute approximate surface area is 447 Å². The van der Waals surface area contributed by atoms with Crippen molar-refractivity contribution in [2.75, 3.05) is 19.8 Å². The lowest BCUT2D eigenvalue weighted by Gasteiger charge is -2.40. The third kappa shape index (κ3) is 41.7. The van der Waals surface area contributed by atoms with Crippen LogP contribution in [0.1, 0.15) is 284 Å². The molecule has 428 valence electrons. The molecule has 0 aromatic rings. The Morgan fingerprint density at radius 1 is 0.493 bits per heavy atom. The predicted molar refractivity (Wildman–Crippen MR) is 301 cm³/mol. The standard InChI is InChI=1S/C62H115NO10/c1-3-5-7-9-11-13-15-25-29-32-36-40-44-48-55(65)54(53-72-62-61(70)60(69)59(68)56(52-64)73-62)63-57(66)49-45-41-37-33-30-26-23-21-19-17-16-18-20-22-24-27-31-35-39-43-47-51-71-58(67)50-46-42-38-34-28-14-12-10-8-6-4-2/h11,13,29,32,44,48,54-56,59-62,64-65,68-70H,3-10,12,14-28,30-31,33-43,45-47,49-53H2,1-2H3,(H,63,66)/b13-11+,32-29+,48-44+. The molecule has 0 spiro atoms. The minimum Gasteiger partial charge on any atom is -0.466 e. The molecule has 0 aliphatic carbocycles. The molecule has 1 heterocycles.